The monoisotopic (exact) mass is 201 g/mol. The van der Waals surface area contributed by atoms with E-state index in [1.807, 2.05) is 13.8 Å². The first-order valence-corrected chi connectivity index (χ1v) is 5.18. The Morgan fingerprint density at radius 3 is 2.71 bits per heavy atom. The highest BCUT2D eigenvalue weighted by atomic mass is 16.5. The fourth-order valence-corrected chi connectivity index (χ4v) is 1.67. The Morgan fingerprint density at radius 2 is 2.29 bits per heavy atom. The normalized spacial score (nSPS) is 24.9. The van der Waals surface area contributed by atoms with E-state index in [0.29, 0.717) is 6.61 Å². The lowest BCUT2D eigenvalue weighted by Gasteiger charge is -2.28. The molecule has 82 valence electrons. The second-order valence-electron chi connectivity index (χ2n) is 4.14. The molecule has 0 aliphatic carbocycles. The van der Waals surface area contributed by atoms with Crippen LogP contribution in [0.2, 0.25) is 0 Å². The molecule has 0 amide bonds. The van der Waals surface area contributed by atoms with E-state index in [0.717, 1.165) is 19.4 Å². The predicted octanol–water partition coefficient (Wildman–Crippen LogP) is 0.864. The number of carbonyl (C=O) groups is 1. The van der Waals surface area contributed by atoms with Crippen LogP contribution in [-0.4, -0.2) is 36.4 Å². The van der Waals surface area contributed by atoms with Crippen molar-refractivity contribution in [1.82, 2.24) is 5.32 Å². The third kappa shape index (κ3) is 3.27. The van der Waals surface area contributed by atoms with Crippen LogP contribution in [0.15, 0.2) is 0 Å². The summed E-state index contributed by atoms with van der Waals surface area (Å²) in [5, 5.41) is 12.1. The third-order valence-electron chi connectivity index (χ3n) is 2.51. The maximum absolute atomic E-state index is 10.9. The van der Waals surface area contributed by atoms with Crippen molar-refractivity contribution in [2.45, 2.75) is 38.8 Å². The van der Waals surface area contributed by atoms with Crippen LogP contribution >= 0.6 is 0 Å². The van der Waals surface area contributed by atoms with Crippen LogP contribution in [0.4, 0.5) is 0 Å². The Hall–Kier alpha value is -0.610. The van der Waals surface area contributed by atoms with Crippen molar-refractivity contribution in [3.8, 4) is 0 Å². The van der Waals surface area contributed by atoms with Gasteiger partial charge in [-0.3, -0.25) is 10.1 Å². The average molecular weight is 201 g/mol. The SMILES string of the molecule is CC(C)C(NC1CCCOC1)C(=O)O. The molecule has 2 atom stereocenters. The van der Waals surface area contributed by atoms with Gasteiger partial charge < -0.3 is 9.84 Å². The first kappa shape index (κ1) is 11.5. The van der Waals surface area contributed by atoms with E-state index < -0.39 is 12.0 Å². The van der Waals surface area contributed by atoms with Gasteiger partial charge in [-0.25, -0.2) is 0 Å². The summed E-state index contributed by atoms with van der Waals surface area (Å²) < 4.78 is 5.29. The number of hydrogen-bond donors (Lipinski definition) is 2. The lowest BCUT2D eigenvalue weighted by Crippen LogP contribution is -2.49. The minimum Gasteiger partial charge on any atom is -0.480 e. The molecule has 2 N–H and O–H groups in total. The molecule has 0 aromatic rings. The van der Waals surface area contributed by atoms with Gasteiger partial charge in [-0.2, -0.15) is 0 Å². The van der Waals surface area contributed by atoms with Crippen molar-refractivity contribution in [3.05, 3.63) is 0 Å². The molecular formula is C10H19NO3. The summed E-state index contributed by atoms with van der Waals surface area (Å²) in [7, 11) is 0. The average Bonchev–Trinajstić information content (AvgIpc) is 2.15. The number of carboxylic acid groups (broad SMARTS) is 1. The topological polar surface area (TPSA) is 58.6 Å². The fraction of sp³-hybridized carbons (Fsp3) is 0.900. The smallest absolute Gasteiger partial charge is 0.320 e. The van der Waals surface area contributed by atoms with Crippen LogP contribution in [0.1, 0.15) is 26.7 Å². The number of carboxylic acids is 1. The van der Waals surface area contributed by atoms with E-state index in [2.05, 4.69) is 5.32 Å². The van der Waals surface area contributed by atoms with Crippen LogP contribution < -0.4 is 5.32 Å². The van der Waals surface area contributed by atoms with Crippen LogP contribution in [-0.2, 0) is 9.53 Å². The molecule has 0 aromatic heterocycles. The Labute approximate surface area is 84.6 Å². The Morgan fingerprint density at radius 1 is 1.57 bits per heavy atom. The van der Waals surface area contributed by atoms with E-state index in [1.165, 1.54) is 0 Å². The molecule has 1 aliphatic rings. The van der Waals surface area contributed by atoms with E-state index in [4.69, 9.17) is 9.84 Å². The Kier molecular flexibility index (Phi) is 4.35. The largest absolute Gasteiger partial charge is 0.480 e. The molecule has 0 saturated carbocycles. The van der Waals surface area contributed by atoms with Gasteiger partial charge in [0.05, 0.1) is 6.61 Å². The van der Waals surface area contributed by atoms with E-state index in [9.17, 15) is 4.79 Å². The molecule has 1 saturated heterocycles. The van der Waals surface area contributed by atoms with Crippen molar-refractivity contribution in [3.63, 3.8) is 0 Å². The van der Waals surface area contributed by atoms with Gasteiger partial charge in [0.15, 0.2) is 0 Å². The summed E-state index contributed by atoms with van der Waals surface area (Å²) >= 11 is 0. The molecule has 4 heteroatoms. The molecule has 4 nitrogen and oxygen atoms in total. The maximum Gasteiger partial charge on any atom is 0.320 e. The number of rotatable bonds is 4. The van der Waals surface area contributed by atoms with Crippen LogP contribution in [0.5, 0.6) is 0 Å². The van der Waals surface area contributed by atoms with Crippen molar-refractivity contribution >= 4 is 5.97 Å². The maximum atomic E-state index is 10.9. The van der Waals surface area contributed by atoms with E-state index in [1.54, 1.807) is 0 Å². The van der Waals surface area contributed by atoms with E-state index >= 15 is 0 Å². The molecule has 0 spiro atoms. The highest BCUT2D eigenvalue weighted by Gasteiger charge is 2.25. The molecule has 0 bridgehead atoms. The lowest BCUT2D eigenvalue weighted by atomic mass is 10.0. The lowest BCUT2D eigenvalue weighted by molar-refractivity contribution is -0.141. The Balaban J connectivity index is 2.41. The zero-order valence-corrected chi connectivity index (χ0v) is 8.82. The van der Waals surface area contributed by atoms with Gasteiger partial charge in [-0.15, -0.1) is 0 Å². The van der Waals surface area contributed by atoms with Crippen LogP contribution in [0.25, 0.3) is 0 Å². The van der Waals surface area contributed by atoms with Gasteiger partial charge in [0.1, 0.15) is 6.04 Å². The summed E-state index contributed by atoms with van der Waals surface area (Å²) in [4.78, 5) is 10.9. The second kappa shape index (κ2) is 5.32. The number of nitrogens with one attached hydrogen (secondary N) is 1. The molecule has 2 unspecified atom stereocenters. The van der Waals surface area contributed by atoms with Crippen molar-refractivity contribution in [1.29, 1.82) is 0 Å². The summed E-state index contributed by atoms with van der Waals surface area (Å²) in [6.45, 7) is 5.26. The highest BCUT2D eigenvalue weighted by molar-refractivity contribution is 5.73. The molecule has 0 aromatic carbocycles. The van der Waals surface area contributed by atoms with Crippen molar-refractivity contribution < 1.29 is 14.6 Å². The molecule has 1 aliphatic heterocycles. The molecule has 14 heavy (non-hydrogen) atoms. The predicted molar refractivity (Wildman–Crippen MR) is 53.2 cm³/mol. The third-order valence-corrected chi connectivity index (χ3v) is 2.51. The minimum atomic E-state index is -0.773. The van der Waals surface area contributed by atoms with Crippen LogP contribution in [0, 0.1) is 5.92 Å². The zero-order chi connectivity index (χ0) is 10.6. The molecule has 0 radical (unpaired) electrons. The first-order chi connectivity index (χ1) is 6.61. The second-order valence-corrected chi connectivity index (χ2v) is 4.14. The molecule has 1 heterocycles. The van der Waals surface area contributed by atoms with Crippen molar-refractivity contribution in [2.24, 2.45) is 5.92 Å². The number of aliphatic carboxylic acids is 1. The van der Waals surface area contributed by atoms with E-state index in [-0.39, 0.29) is 12.0 Å². The number of ether oxygens (including phenoxy) is 1. The van der Waals surface area contributed by atoms with Crippen molar-refractivity contribution in [2.75, 3.05) is 13.2 Å². The quantitative estimate of drug-likeness (QED) is 0.708. The molecular weight excluding hydrogens is 182 g/mol. The van der Waals surface area contributed by atoms with Gasteiger partial charge in [0.2, 0.25) is 0 Å². The first-order valence-electron chi connectivity index (χ1n) is 5.18. The van der Waals surface area contributed by atoms with Gasteiger partial charge in [0.25, 0.3) is 0 Å². The summed E-state index contributed by atoms with van der Waals surface area (Å²) in [5.41, 5.74) is 0. The minimum absolute atomic E-state index is 0.106. The number of hydrogen-bond acceptors (Lipinski definition) is 3. The fourth-order valence-electron chi connectivity index (χ4n) is 1.67. The summed E-state index contributed by atoms with van der Waals surface area (Å²) in [6, 6.07) is -0.256. The Bertz CT molecular complexity index is 188. The van der Waals surface area contributed by atoms with Gasteiger partial charge >= 0.3 is 5.97 Å². The van der Waals surface area contributed by atoms with Gasteiger partial charge in [-0.05, 0) is 18.8 Å². The van der Waals surface area contributed by atoms with Gasteiger partial charge in [0, 0.05) is 12.6 Å². The zero-order valence-electron chi connectivity index (χ0n) is 8.82. The molecule has 1 rings (SSSR count). The van der Waals surface area contributed by atoms with Gasteiger partial charge in [-0.1, -0.05) is 13.8 Å². The summed E-state index contributed by atoms with van der Waals surface area (Å²) in [5.74, 6) is -0.667. The highest BCUT2D eigenvalue weighted by Crippen LogP contribution is 2.10. The standard InChI is InChI=1S/C10H19NO3/c1-7(2)9(10(12)13)11-8-4-3-5-14-6-8/h7-9,11H,3-6H2,1-2H3,(H,12,13). The molecule has 1 fully saturated rings. The summed E-state index contributed by atoms with van der Waals surface area (Å²) in [6.07, 6.45) is 2.03. The van der Waals surface area contributed by atoms with Crippen LogP contribution in [0.3, 0.4) is 0 Å².